The summed E-state index contributed by atoms with van der Waals surface area (Å²) in [5.74, 6) is 0. The van der Waals surface area contributed by atoms with Crippen molar-refractivity contribution < 1.29 is 0 Å². The highest BCUT2D eigenvalue weighted by Gasteiger charge is 1.66. The van der Waals surface area contributed by atoms with Crippen molar-refractivity contribution in [2.75, 3.05) is 0 Å². The predicted molar refractivity (Wildman–Crippen MR) is 36.9 cm³/mol. The molecule has 40 valence electrons. The average molecular weight is 115 g/mol. The maximum absolute atomic E-state index is 3.90. The second-order valence-electron chi connectivity index (χ2n) is 1.37. The topological polar surface area (TPSA) is 12.4 Å². The van der Waals surface area contributed by atoms with Gasteiger partial charge in [-0.25, -0.2) is 0 Å². The molecule has 0 aliphatic carbocycles. The van der Waals surface area contributed by atoms with Gasteiger partial charge in [-0.3, -0.25) is 4.99 Å². The van der Waals surface area contributed by atoms with Gasteiger partial charge in [0.1, 0.15) is 0 Å². The number of rotatable bonds is 1. The summed E-state index contributed by atoms with van der Waals surface area (Å²) in [6.45, 7) is 3.88. The van der Waals surface area contributed by atoms with E-state index in [1.807, 2.05) is 13.8 Å². The van der Waals surface area contributed by atoms with Crippen molar-refractivity contribution in [1.29, 1.82) is 0 Å². The van der Waals surface area contributed by atoms with Crippen molar-refractivity contribution in [2.24, 2.45) is 4.99 Å². The first kappa shape index (κ1) is 6.76. The van der Waals surface area contributed by atoms with Crippen molar-refractivity contribution in [3.63, 3.8) is 0 Å². The maximum atomic E-state index is 3.90. The van der Waals surface area contributed by atoms with Gasteiger partial charge in [0.15, 0.2) is 0 Å². The molecule has 0 atom stereocenters. The highest BCUT2D eigenvalue weighted by molar-refractivity contribution is 7.83. The smallest absolute Gasteiger partial charge is 0.0327 e. The van der Waals surface area contributed by atoms with E-state index in [9.17, 15) is 0 Å². The third-order valence-electron chi connectivity index (χ3n) is 0.399. The molecule has 0 fully saturated rings. The van der Waals surface area contributed by atoms with E-state index in [0.29, 0.717) is 0 Å². The van der Waals surface area contributed by atoms with Crippen LogP contribution in [0.1, 0.15) is 13.8 Å². The van der Waals surface area contributed by atoms with E-state index in [2.05, 4.69) is 17.6 Å². The average Bonchev–Trinajstić information content (AvgIpc) is 1.61. The first-order valence-electron chi connectivity index (χ1n) is 2.07. The van der Waals surface area contributed by atoms with Crippen LogP contribution in [0.2, 0.25) is 0 Å². The summed E-state index contributed by atoms with van der Waals surface area (Å²) >= 11 is 3.81. The summed E-state index contributed by atoms with van der Waals surface area (Å²) in [5, 5.41) is 1.60. The van der Waals surface area contributed by atoms with Gasteiger partial charge in [-0.05, 0) is 19.3 Å². The first-order chi connectivity index (χ1) is 3.27. The lowest BCUT2D eigenvalue weighted by Gasteiger charge is -1.77. The van der Waals surface area contributed by atoms with Gasteiger partial charge >= 0.3 is 0 Å². The molecule has 0 heterocycles. The van der Waals surface area contributed by atoms with Crippen LogP contribution in [0.25, 0.3) is 0 Å². The Morgan fingerprint density at radius 2 is 2.14 bits per heavy atom. The van der Waals surface area contributed by atoms with Crippen LogP contribution in [-0.2, 0) is 0 Å². The number of hydrogen-bond donors (Lipinski definition) is 1. The third kappa shape index (κ3) is 5.76. The van der Waals surface area contributed by atoms with E-state index in [-0.39, 0.29) is 0 Å². The van der Waals surface area contributed by atoms with Gasteiger partial charge in [-0.15, -0.1) is 12.6 Å². The third-order valence-corrected chi connectivity index (χ3v) is 0.533. The number of hydrogen-bond acceptors (Lipinski definition) is 2. The lowest BCUT2D eigenvalue weighted by atomic mass is 10.5. The lowest BCUT2D eigenvalue weighted by molar-refractivity contribution is 1.51. The summed E-state index contributed by atoms with van der Waals surface area (Å²) in [4.78, 5) is 3.90. The molecule has 0 rings (SSSR count). The normalized spacial score (nSPS) is 9.57. The predicted octanol–water partition coefficient (Wildman–Crippen LogP) is 1.87. The summed E-state index contributed by atoms with van der Waals surface area (Å²) in [6, 6.07) is 0. The first-order valence-corrected chi connectivity index (χ1v) is 2.59. The molecule has 7 heavy (non-hydrogen) atoms. The molecular formula is C5H9NS. The Hall–Kier alpha value is -0.240. The fourth-order valence-electron chi connectivity index (χ4n) is 0.182. The van der Waals surface area contributed by atoms with Crippen LogP contribution in [0.5, 0.6) is 0 Å². The fraction of sp³-hybridized carbons (Fsp3) is 0.400. The molecule has 0 spiro atoms. The summed E-state index contributed by atoms with van der Waals surface area (Å²) in [5.41, 5.74) is 1.05. The van der Waals surface area contributed by atoms with Gasteiger partial charge < -0.3 is 0 Å². The zero-order valence-electron chi connectivity index (χ0n) is 4.55. The highest BCUT2D eigenvalue weighted by atomic mass is 32.1. The molecule has 0 aliphatic rings. The summed E-state index contributed by atoms with van der Waals surface area (Å²) in [7, 11) is 0. The van der Waals surface area contributed by atoms with Crippen LogP contribution in [0.3, 0.4) is 0 Å². The maximum Gasteiger partial charge on any atom is 0.0327 e. The van der Waals surface area contributed by atoms with Crippen molar-refractivity contribution in [2.45, 2.75) is 13.8 Å². The van der Waals surface area contributed by atoms with Crippen LogP contribution in [-0.4, -0.2) is 5.71 Å². The van der Waals surface area contributed by atoms with E-state index < -0.39 is 0 Å². The van der Waals surface area contributed by atoms with E-state index in [1.54, 1.807) is 11.6 Å². The molecular weight excluding hydrogens is 106 g/mol. The molecule has 0 amide bonds. The Balaban J connectivity index is 3.46. The van der Waals surface area contributed by atoms with Crippen LogP contribution in [0.15, 0.2) is 16.6 Å². The Kier molecular flexibility index (Phi) is 3.80. The van der Waals surface area contributed by atoms with Crippen molar-refractivity contribution in [1.82, 2.24) is 0 Å². The Morgan fingerprint density at radius 1 is 1.57 bits per heavy atom. The fourth-order valence-corrected chi connectivity index (χ4v) is 0.249. The zero-order valence-corrected chi connectivity index (χ0v) is 5.44. The Morgan fingerprint density at radius 3 is 2.29 bits per heavy atom. The largest absolute Gasteiger partial charge is 0.266 e. The van der Waals surface area contributed by atoms with E-state index in [1.165, 1.54) is 0 Å². The van der Waals surface area contributed by atoms with E-state index >= 15 is 0 Å². The summed E-state index contributed by atoms with van der Waals surface area (Å²) in [6.07, 6.45) is 1.65. The minimum Gasteiger partial charge on any atom is -0.266 e. The quantitative estimate of drug-likeness (QED) is 0.395. The Bertz CT molecular complexity index is 90.3. The molecule has 0 unspecified atom stereocenters. The molecule has 0 aliphatic heterocycles. The van der Waals surface area contributed by atoms with Crippen molar-refractivity contribution in [3.8, 4) is 0 Å². The molecule has 0 saturated heterocycles. The number of aliphatic imine (C=N–C) groups is 1. The highest BCUT2D eigenvalue weighted by Crippen LogP contribution is 1.79. The number of thiol groups is 1. The molecule has 0 N–H and O–H groups in total. The zero-order chi connectivity index (χ0) is 5.70. The van der Waals surface area contributed by atoms with Crippen molar-refractivity contribution in [3.05, 3.63) is 11.6 Å². The monoisotopic (exact) mass is 115 g/mol. The summed E-state index contributed by atoms with van der Waals surface area (Å²) < 4.78 is 0. The van der Waals surface area contributed by atoms with Gasteiger partial charge in [0.2, 0.25) is 0 Å². The molecule has 2 heteroatoms. The molecule has 0 bridgehead atoms. The standard InChI is InChI=1S/C5H9NS/c1-5(2)6-3-4-7/h3-4,7H,1-2H3/b4-3-. The SMILES string of the molecule is CC(C)=N/C=C\S. The molecule has 0 aromatic heterocycles. The molecule has 1 nitrogen and oxygen atoms in total. The van der Waals surface area contributed by atoms with Crippen LogP contribution in [0.4, 0.5) is 0 Å². The van der Waals surface area contributed by atoms with Gasteiger partial charge in [-0.1, -0.05) is 0 Å². The second kappa shape index (κ2) is 3.93. The van der Waals surface area contributed by atoms with Gasteiger partial charge in [0, 0.05) is 11.9 Å². The molecule has 0 aromatic rings. The van der Waals surface area contributed by atoms with Gasteiger partial charge in [0.05, 0.1) is 0 Å². The molecule has 0 radical (unpaired) electrons. The lowest BCUT2D eigenvalue weighted by Crippen LogP contribution is -1.73. The molecule has 0 saturated carbocycles. The minimum atomic E-state index is 1.05. The number of nitrogens with zero attached hydrogens (tertiary/aromatic N) is 1. The van der Waals surface area contributed by atoms with Crippen LogP contribution < -0.4 is 0 Å². The van der Waals surface area contributed by atoms with Gasteiger partial charge in [0.25, 0.3) is 0 Å². The molecule has 0 aromatic carbocycles. The van der Waals surface area contributed by atoms with E-state index in [4.69, 9.17) is 0 Å². The van der Waals surface area contributed by atoms with Crippen LogP contribution in [0, 0.1) is 0 Å². The van der Waals surface area contributed by atoms with Gasteiger partial charge in [-0.2, -0.15) is 0 Å². The second-order valence-corrected chi connectivity index (χ2v) is 1.67. The van der Waals surface area contributed by atoms with Crippen molar-refractivity contribution >= 4 is 18.3 Å². The van der Waals surface area contributed by atoms with Crippen LogP contribution >= 0.6 is 12.6 Å². The minimum absolute atomic E-state index is 1.05. The van der Waals surface area contributed by atoms with E-state index in [0.717, 1.165) is 5.71 Å². The Labute approximate surface area is 49.6 Å².